The van der Waals surface area contributed by atoms with Gasteiger partial charge in [0.05, 0.1) is 28.2 Å². The molecule has 1 atom stereocenters. The molecule has 4 rings (SSSR count). The van der Waals surface area contributed by atoms with Crippen LogP contribution >= 0.6 is 0 Å². The van der Waals surface area contributed by atoms with E-state index in [1.54, 1.807) is 10.6 Å². The van der Waals surface area contributed by atoms with Gasteiger partial charge < -0.3 is 20.7 Å². The van der Waals surface area contributed by atoms with E-state index in [9.17, 15) is 14.7 Å². The highest BCUT2D eigenvalue weighted by Gasteiger charge is 2.29. The lowest BCUT2D eigenvalue weighted by atomic mass is 10.1. The summed E-state index contributed by atoms with van der Waals surface area (Å²) in [4.78, 5) is 33.6. The summed E-state index contributed by atoms with van der Waals surface area (Å²) in [6.45, 7) is 8.29. The van der Waals surface area contributed by atoms with Crippen molar-refractivity contribution in [1.82, 2.24) is 19.9 Å². The summed E-state index contributed by atoms with van der Waals surface area (Å²) in [6, 6.07) is 7.22. The molecule has 158 valence electrons. The maximum absolute atomic E-state index is 13.3. The lowest BCUT2D eigenvalue weighted by molar-refractivity contribution is 0.0958. The molecule has 1 amide bonds. The molecule has 8 nitrogen and oxygen atoms in total. The molecule has 0 unspecified atom stereocenters. The van der Waals surface area contributed by atoms with Crippen LogP contribution in [0, 0.1) is 0 Å². The third kappa shape index (κ3) is 3.47. The van der Waals surface area contributed by atoms with E-state index in [-0.39, 0.29) is 29.7 Å². The minimum absolute atomic E-state index is 0.00620. The second-order valence-corrected chi connectivity index (χ2v) is 8.75. The zero-order valence-electron chi connectivity index (χ0n) is 17.7. The van der Waals surface area contributed by atoms with E-state index in [4.69, 9.17) is 4.98 Å². The van der Waals surface area contributed by atoms with Gasteiger partial charge in [-0.3, -0.25) is 14.2 Å². The molecule has 3 heterocycles. The van der Waals surface area contributed by atoms with Gasteiger partial charge in [0.25, 0.3) is 11.5 Å². The van der Waals surface area contributed by atoms with Gasteiger partial charge >= 0.3 is 0 Å². The number of carbonyl (C=O) groups excluding carboxylic acids is 1. The van der Waals surface area contributed by atoms with Crippen molar-refractivity contribution in [3.05, 3.63) is 45.9 Å². The topological polar surface area (TPSA) is 112 Å². The summed E-state index contributed by atoms with van der Waals surface area (Å²) >= 11 is 0. The van der Waals surface area contributed by atoms with Crippen LogP contribution in [0.2, 0.25) is 0 Å². The Kier molecular flexibility index (Phi) is 4.89. The Hall–Kier alpha value is -3.13. The molecule has 0 saturated heterocycles. The maximum Gasteiger partial charge on any atom is 0.262 e. The summed E-state index contributed by atoms with van der Waals surface area (Å²) in [5.41, 5.74) is 3.11. The van der Waals surface area contributed by atoms with Gasteiger partial charge in [0.15, 0.2) is 0 Å². The van der Waals surface area contributed by atoms with Crippen LogP contribution in [0.1, 0.15) is 56.2 Å². The number of hydrogen-bond donors (Lipinski definition) is 4. The van der Waals surface area contributed by atoms with Crippen molar-refractivity contribution in [3.8, 4) is 11.3 Å². The van der Waals surface area contributed by atoms with Gasteiger partial charge in [0.2, 0.25) is 5.95 Å². The summed E-state index contributed by atoms with van der Waals surface area (Å²) in [7, 11) is 0. The number of anilines is 1. The molecule has 30 heavy (non-hydrogen) atoms. The molecule has 0 saturated carbocycles. The van der Waals surface area contributed by atoms with Crippen LogP contribution in [0.25, 0.3) is 22.2 Å². The zero-order chi connectivity index (χ0) is 21.6. The van der Waals surface area contributed by atoms with E-state index in [0.29, 0.717) is 35.4 Å². The number of rotatable bonds is 5. The van der Waals surface area contributed by atoms with Crippen LogP contribution in [0.15, 0.2) is 29.1 Å². The van der Waals surface area contributed by atoms with Crippen LogP contribution in [0.4, 0.5) is 5.95 Å². The number of aromatic nitrogens is 3. The largest absolute Gasteiger partial charge is 0.396 e. The number of aromatic amines is 1. The van der Waals surface area contributed by atoms with Crippen molar-refractivity contribution >= 4 is 22.8 Å². The van der Waals surface area contributed by atoms with Crippen molar-refractivity contribution in [3.63, 3.8) is 0 Å². The number of benzene rings is 1. The van der Waals surface area contributed by atoms with Crippen molar-refractivity contribution in [2.45, 2.75) is 52.2 Å². The molecular weight excluding hydrogens is 382 g/mol. The molecule has 3 aromatic rings. The zero-order valence-corrected chi connectivity index (χ0v) is 17.7. The Labute approximate surface area is 174 Å². The van der Waals surface area contributed by atoms with Crippen LogP contribution in [-0.2, 0) is 6.54 Å². The quantitative estimate of drug-likeness (QED) is 0.518. The number of amides is 1. The number of aliphatic hydroxyl groups excluding tert-OH is 1. The van der Waals surface area contributed by atoms with Gasteiger partial charge in [-0.15, -0.1) is 0 Å². The molecule has 1 aliphatic heterocycles. The number of nitrogens with zero attached hydrogens (tertiary/aromatic N) is 2. The highest BCUT2D eigenvalue weighted by Crippen LogP contribution is 2.32. The number of nitrogens with one attached hydrogen (secondary N) is 3. The second kappa shape index (κ2) is 7.28. The summed E-state index contributed by atoms with van der Waals surface area (Å²) in [5.74, 6) is 0.362. The smallest absolute Gasteiger partial charge is 0.262 e. The van der Waals surface area contributed by atoms with Gasteiger partial charge in [0, 0.05) is 29.9 Å². The SMILES string of the molecule is C[C@H]1NC(=O)c2cc(-c3cccc4c(=O)n(CCCO)c(NC(C)(C)C)nc34)[nH]c21. The van der Waals surface area contributed by atoms with Gasteiger partial charge in [-0.2, -0.15) is 0 Å². The van der Waals surface area contributed by atoms with Gasteiger partial charge in [-0.1, -0.05) is 12.1 Å². The van der Waals surface area contributed by atoms with Crippen molar-refractivity contribution in [2.75, 3.05) is 11.9 Å². The van der Waals surface area contributed by atoms with Gasteiger partial charge in [-0.05, 0) is 46.2 Å². The first-order chi connectivity index (χ1) is 14.2. The standard InChI is InChI=1S/C22H27N5O3/c1-12-17-15(19(29)23-12)11-16(24-17)13-7-5-8-14-18(13)25-21(26-22(2,3)4)27(20(14)30)9-6-10-28/h5,7-8,11-12,24,28H,6,9-10H2,1-4H3,(H,23,29)(H,25,26)/t12-/m1/s1. The van der Waals surface area contributed by atoms with E-state index in [1.807, 2.05) is 45.9 Å². The fraction of sp³-hybridized carbons (Fsp3) is 0.409. The number of hydrogen-bond acceptors (Lipinski definition) is 5. The van der Waals surface area contributed by atoms with Crippen LogP contribution < -0.4 is 16.2 Å². The molecule has 8 heteroatoms. The molecule has 0 bridgehead atoms. The Morgan fingerprint density at radius 1 is 1.23 bits per heavy atom. The molecule has 2 aromatic heterocycles. The minimum atomic E-state index is -0.301. The maximum atomic E-state index is 13.3. The van der Waals surface area contributed by atoms with Crippen LogP contribution in [-0.4, -0.2) is 37.7 Å². The van der Waals surface area contributed by atoms with E-state index in [0.717, 1.165) is 17.0 Å². The van der Waals surface area contributed by atoms with E-state index >= 15 is 0 Å². The third-order valence-electron chi connectivity index (χ3n) is 5.18. The first kappa shape index (κ1) is 20.2. The highest BCUT2D eigenvalue weighted by molar-refractivity contribution is 6.01. The average Bonchev–Trinajstić information content (AvgIpc) is 3.21. The molecule has 1 aromatic carbocycles. The Morgan fingerprint density at radius 3 is 2.67 bits per heavy atom. The average molecular weight is 409 g/mol. The normalized spacial score (nSPS) is 16.0. The summed E-state index contributed by atoms with van der Waals surface area (Å²) in [5, 5.41) is 16.0. The molecule has 1 aliphatic rings. The lowest BCUT2D eigenvalue weighted by Crippen LogP contribution is -2.33. The van der Waals surface area contributed by atoms with Crippen LogP contribution in [0.5, 0.6) is 0 Å². The molecule has 0 aliphatic carbocycles. The number of aliphatic hydroxyl groups is 1. The Morgan fingerprint density at radius 2 is 2.00 bits per heavy atom. The second-order valence-electron chi connectivity index (χ2n) is 8.75. The lowest BCUT2D eigenvalue weighted by Gasteiger charge is -2.24. The van der Waals surface area contributed by atoms with Crippen molar-refractivity contribution in [2.24, 2.45) is 0 Å². The molecule has 0 spiro atoms. The Balaban J connectivity index is 1.93. The first-order valence-electron chi connectivity index (χ1n) is 10.2. The van der Waals surface area contributed by atoms with Gasteiger partial charge in [0.1, 0.15) is 0 Å². The highest BCUT2D eigenvalue weighted by atomic mass is 16.3. The summed E-state index contributed by atoms with van der Waals surface area (Å²) in [6.07, 6.45) is 0.460. The number of H-pyrrole nitrogens is 1. The number of para-hydroxylation sites is 1. The summed E-state index contributed by atoms with van der Waals surface area (Å²) < 4.78 is 1.58. The van der Waals surface area contributed by atoms with E-state index < -0.39 is 0 Å². The van der Waals surface area contributed by atoms with Crippen molar-refractivity contribution in [1.29, 1.82) is 0 Å². The fourth-order valence-electron chi connectivity index (χ4n) is 3.82. The third-order valence-corrected chi connectivity index (χ3v) is 5.18. The first-order valence-corrected chi connectivity index (χ1v) is 10.2. The molecule has 4 N–H and O–H groups in total. The Bertz CT molecular complexity index is 1190. The van der Waals surface area contributed by atoms with Crippen LogP contribution in [0.3, 0.4) is 0 Å². The van der Waals surface area contributed by atoms with Gasteiger partial charge in [-0.25, -0.2) is 4.98 Å². The molecular formula is C22H27N5O3. The number of fused-ring (bicyclic) bond motifs is 2. The molecule has 0 radical (unpaired) electrons. The monoisotopic (exact) mass is 409 g/mol. The predicted octanol–water partition coefficient (Wildman–Crippen LogP) is 2.79. The van der Waals surface area contributed by atoms with Crippen molar-refractivity contribution < 1.29 is 9.90 Å². The minimum Gasteiger partial charge on any atom is -0.396 e. The molecule has 0 fully saturated rings. The number of carbonyl (C=O) groups is 1. The van der Waals surface area contributed by atoms with E-state index in [1.165, 1.54) is 0 Å². The van der Waals surface area contributed by atoms with E-state index in [2.05, 4.69) is 15.6 Å². The fourth-order valence-corrected chi connectivity index (χ4v) is 3.82. The predicted molar refractivity (Wildman–Crippen MR) is 117 cm³/mol.